The van der Waals surface area contributed by atoms with E-state index in [1.807, 2.05) is 6.92 Å². The molecule has 0 bridgehead atoms. The summed E-state index contributed by atoms with van der Waals surface area (Å²) in [5.41, 5.74) is 6.75. The third-order valence-corrected chi connectivity index (χ3v) is 6.03. The van der Waals surface area contributed by atoms with Gasteiger partial charge < -0.3 is 5.73 Å². The summed E-state index contributed by atoms with van der Waals surface area (Å²) in [4.78, 5) is 22.5. The standard InChI is InChI=1S/C14H17N3OS2/c1-7-3-4-9-10(5-7)20-14-11(9)13(16-6-17-14)19-8(2)12(15)18/h6-8H,3-5H2,1-2H3,(H2,15,18)/t7-,8+/m1/s1. The molecule has 0 unspecified atom stereocenters. The Kier molecular flexibility index (Phi) is 3.69. The topological polar surface area (TPSA) is 68.9 Å². The van der Waals surface area contributed by atoms with Crippen LogP contribution < -0.4 is 5.73 Å². The zero-order valence-corrected chi connectivity index (χ0v) is 13.2. The summed E-state index contributed by atoms with van der Waals surface area (Å²) in [6.07, 6.45) is 5.02. The molecule has 1 aliphatic carbocycles. The molecule has 2 aromatic heterocycles. The first-order valence-electron chi connectivity index (χ1n) is 6.77. The van der Waals surface area contributed by atoms with E-state index >= 15 is 0 Å². The molecule has 2 heterocycles. The highest BCUT2D eigenvalue weighted by Crippen LogP contribution is 2.41. The maximum Gasteiger partial charge on any atom is 0.230 e. The number of hydrogen-bond acceptors (Lipinski definition) is 5. The number of fused-ring (bicyclic) bond motifs is 3. The Morgan fingerprint density at radius 1 is 1.55 bits per heavy atom. The highest BCUT2D eigenvalue weighted by Gasteiger charge is 2.24. The molecule has 0 aliphatic heterocycles. The number of aromatic nitrogens is 2. The number of rotatable bonds is 3. The number of amides is 1. The molecular weight excluding hydrogens is 290 g/mol. The van der Waals surface area contributed by atoms with Crippen LogP contribution in [0.4, 0.5) is 0 Å². The van der Waals surface area contributed by atoms with Crippen molar-refractivity contribution < 1.29 is 4.79 Å². The van der Waals surface area contributed by atoms with Crippen LogP contribution in [0.2, 0.25) is 0 Å². The quantitative estimate of drug-likeness (QED) is 0.699. The fourth-order valence-electron chi connectivity index (χ4n) is 2.56. The normalized spacial score (nSPS) is 19.8. The minimum absolute atomic E-state index is 0.272. The molecule has 0 fully saturated rings. The van der Waals surface area contributed by atoms with E-state index in [1.165, 1.54) is 28.6 Å². The molecule has 1 amide bonds. The Hall–Kier alpha value is -1.14. The molecule has 0 saturated carbocycles. The van der Waals surface area contributed by atoms with Crippen LogP contribution in [0.3, 0.4) is 0 Å². The van der Waals surface area contributed by atoms with Gasteiger partial charge in [-0.1, -0.05) is 18.7 Å². The molecular formula is C14H17N3OS2. The van der Waals surface area contributed by atoms with E-state index in [-0.39, 0.29) is 11.2 Å². The van der Waals surface area contributed by atoms with Gasteiger partial charge in [-0.05, 0) is 37.7 Å². The Labute approximate surface area is 126 Å². The van der Waals surface area contributed by atoms with Crippen LogP contribution in [0.1, 0.15) is 30.7 Å². The van der Waals surface area contributed by atoms with Crippen molar-refractivity contribution in [3.8, 4) is 0 Å². The van der Waals surface area contributed by atoms with E-state index in [2.05, 4.69) is 16.9 Å². The van der Waals surface area contributed by atoms with E-state index in [0.29, 0.717) is 0 Å². The van der Waals surface area contributed by atoms with Gasteiger partial charge in [-0.2, -0.15) is 0 Å². The van der Waals surface area contributed by atoms with Crippen molar-refractivity contribution >= 4 is 39.2 Å². The molecule has 106 valence electrons. The van der Waals surface area contributed by atoms with Gasteiger partial charge >= 0.3 is 0 Å². The number of hydrogen-bond donors (Lipinski definition) is 1. The van der Waals surface area contributed by atoms with Gasteiger partial charge in [0.25, 0.3) is 0 Å². The number of aryl methyl sites for hydroxylation is 1. The number of thioether (sulfide) groups is 1. The molecule has 0 aromatic carbocycles. The third kappa shape index (κ3) is 2.42. The third-order valence-electron chi connectivity index (χ3n) is 3.75. The average molecular weight is 307 g/mol. The monoisotopic (exact) mass is 307 g/mol. The zero-order valence-electron chi connectivity index (χ0n) is 11.5. The van der Waals surface area contributed by atoms with Crippen molar-refractivity contribution in [2.24, 2.45) is 11.7 Å². The smallest absolute Gasteiger partial charge is 0.230 e. The SMILES string of the molecule is C[C@@H]1CCc2c(sc3ncnc(S[C@@H](C)C(N)=O)c23)C1. The molecule has 0 saturated heterocycles. The van der Waals surface area contributed by atoms with Gasteiger partial charge in [-0.25, -0.2) is 9.97 Å². The van der Waals surface area contributed by atoms with Gasteiger partial charge in [0.2, 0.25) is 5.91 Å². The van der Waals surface area contributed by atoms with E-state index in [1.54, 1.807) is 17.7 Å². The molecule has 2 N–H and O–H groups in total. The van der Waals surface area contributed by atoms with E-state index in [9.17, 15) is 4.79 Å². The highest BCUT2D eigenvalue weighted by molar-refractivity contribution is 8.00. The summed E-state index contributed by atoms with van der Waals surface area (Å²) in [5, 5.41) is 1.78. The van der Waals surface area contributed by atoms with Gasteiger partial charge in [-0.3, -0.25) is 4.79 Å². The second-order valence-corrected chi connectivity index (χ2v) is 7.79. The number of nitrogens with zero attached hydrogens (tertiary/aromatic N) is 2. The van der Waals surface area contributed by atoms with Crippen LogP contribution >= 0.6 is 23.1 Å². The maximum atomic E-state index is 11.3. The number of thiophene rings is 1. The molecule has 0 spiro atoms. The lowest BCUT2D eigenvalue weighted by molar-refractivity contribution is -0.117. The number of nitrogens with two attached hydrogens (primary N) is 1. The van der Waals surface area contributed by atoms with Gasteiger partial charge in [0, 0.05) is 10.3 Å². The van der Waals surface area contributed by atoms with E-state index in [4.69, 9.17) is 5.73 Å². The first-order chi connectivity index (χ1) is 9.56. The Balaban J connectivity index is 2.07. The molecule has 2 atom stereocenters. The summed E-state index contributed by atoms with van der Waals surface area (Å²) in [7, 11) is 0. The van der Waals surface area contributed by atoms with Crippen LogP contribution in [0.25, 0.3) is 10.2 Å². The summed E-state index contributed by atoms with van der Waals surface area (Å²) in [6, 6.07) is 0. The molecule has 4 nitrogen and oxygen atoms in total. The van der Waals surface area contributed by atoms with Crippen LogP contribution in [-0.4, -0.2) is 21.1 Å². The fourth-order valence-corrected chi connectivity index (χ4v) is 4.87. The van der Waals surface area contributed by atoms with Crippen molar-refractivity contribution in [1.29, 1.82) is 0 Å². The second-order valence-electron chi connectivity index (χ2n) is 5.37. The molecule has 3 rings (SSSR count). The van der Waals surface area contributed by atoms with Crippen molar-refractivity contribution in [2.45, 2.75) is 43.4 Å². The Morgan fingerprint density at radius 2 is 2.35 bits per heavy atom. The van der Waals surface area contributed by atoms with E-state index < -0.39 is 0 Å². The van der Waals surface area contributed by atoms with Crippen molar-refractivity contribution in [3.63, 3.8) is 0 Å². The number of primary amides is 1. The van der Waals surface area contributed by atoms with Crippen molar-refractivity contribution in [2.75, 3.05) is 0 Å². The largest absolute Gasteiger partial charge is 0.369 e. The molecule has 20 heavy (non-hydrogen) atoms. The maximum absolute atomic E-state index is 11.3. The number of carbonyl (C=O) groups is 1. The van der Waals surface area contributed by atoms with Crippen LogP contribution in [0, 0.1) is 5.92 Å². The average Bonchev–Trinajstić information content (AvgIpc) is 2.76. The predicted octanol–water partition coefficient (Wildman–Crippen LogP) is 2.78. The summed E-state index contributed by atoms with van der Waals surface area (Å²) >= 11 is 3.21. The van der Waals surface area contributed by atoms with Crippen molar-refractivity contribution in [1.82, 2.24) is 9.97 Å². The lowest BCUT2D eigenvalue weighted by Gasteiger charge is -2.18. The predicted molar refractivity (Wildman–Crippen MR) is 83.1 cm³/mol. The second kappa shape index (κ2) is 5.33. The van der Waals surface area contributed by atoms with Gasteiger partial charge in [0.15, 0.2) is 0 Å². The molecule has 6 heteroatoms. The van der Waals surface area contributed by atoms with Gasteiger partial charge in [-0.15, -0.1) is 11.3 Å². The molecule has 2 aromatic rings. The lowest BCUT2D eigenvalue weighted by Crippen LogP contribution is -2.22. The Morgan fingerprint density at radius 3 is 3.10 bits per heavy atom. The first-order valence-corrected chi connectivity index (χ1v) is 8.47. The minimum atomic E-state index is -0.306. The Bertz CT molecular complexity index is 668. The van der Waals surface area contributed by atoms with Crippen LogP contribution in [0.15, 0.2) is 11.4 Å². The van der Waals surface area contributed by atoms with Crippen molar-refractivity contribution in [3.05, 3.63) is 16.8 Å². The highest BCUT2D eigenvalue weighted by atomic mass is 32.2. The first kappa shape index (κ1) is 13.8. The molecule has 0 radical (unpaired) electrons. The zero-order chi connectivity index (χ0) is 14.3. The molecule has 1 aliphatic rings. The van der Waals surface area contributed by atoms with Crippen LogP contribution in [-0.2, 0) is 17.6 Å². The van der Waals surface area contributed by atoms with E-state index in [0.717, 1.165) is 34.0 Å². The lowest BCUT2D eigenvalue weighted by atomic mass is 9.89. The summed E-state index contributed by atoms with van der Waals surface area (Å²) in [6.45, 7) is 4.12. The summed E-state index contributed by atoms with van der Waals surface area (Å²) in [5.74, 6) is 0.434. The van der Waals surface area contributed by atoms with Gasteiger partial charge in [0.05, 0.1) is 5.25 Å². The van der Waals surface area contributed by atoms with Gasteiger partial charge in [0.1, 0.15) is 16.2 Å². The minimum Gasteiger partial charge on any atom is -0.369 e. The van der Waals surface area contributed by atoms with Crippen LogP contribution in [0.5, 0.6) is 0 Å². The number of carbonyl (C=O) groups excluding carboxylic acids is 1. The summed E-state index contributed by atoms with van der Waals surface area (Å²) < 4.78 is 0. The fraction of sp³-hybridized carbons (Fsp3) is 0.500.